The zero-order chi connectivity index (χ0) is 7.21. The molecule has 0 bridgehead atoms. The van der Waals surface area contributed by atoms with Gasteiger partial charge in [-0.1, -0.05) is 0 Å². The number of halogens is 1. The van der Waals surface area contributed by atoms with Crippen molar-refractivity contribution in [2.45, 2.75) is 0 Å². The molecule has 0 rings (SSSR count). The molecule has 0 aromatic carbocycles. The highest BCUT2D eigenvalue weighted by Crippen LogP contribution is 1.89. The summed E-state index contributed by atoms with van der Waals surface area (Å²) in [5.74, 6) is 0. The van der Waals surface area contributed by atoms with Crippen molar-refractivity contribution >= 4 is 37.5 Å². The lowest BCUT2D eigenvalue weighted by Gasteiger charge is -1.98. The molecule has 0 atom stereocenters. The van der Waals surface area contributed by atoms with Crippen LogP contribution in [0.4, 0.5) is 0 Å². The SMILES string of the molecule is O[Si](O)(O)OCl.[OH][Al]. The largest absolute Gasteiger partial charge is 0.688 e. The lowest BCUT2D eigenvalue weighted by atomic mass is 15.7. The molecule has 8 heteroatoms. The second-order valence-corrected chi connectivity index (χ2v) is 2.42. The normalized spacial score (nSPS) is 9.62. The van der Waals surface area contributed by atoms with Crippen LogP contribution in [0.1, 0.15) is 0 Å². The maximum Gasteiger partial charge on any atom is 0.688 e. The second-order valence-electron chi connectivity index (χ2n) is 0.651. The Morgan fingerprint density at radius 3 is 1.38 bits per heavy atom. The summed E-state index contributed by atoms with van der Waals surface area (Å²) >= 11 is 5.71. The number of hydrogen-bond acceptors (Lipinski definition) is 5. The summed E-state index contributed by atoms with van der Waals surface area (Å²) in [5, 5.41) is 0. The number of rotatable bonds is 1. The van der Waals surface area contributed by atoms with Crippen LogP contribution in [-0.4, -0.2) is 44.2 Å². The molecule has 0 aromatic rings. The van der Waals surface area contributed by atoms with E-state index in [4.69, 9.17) is 18.5 Å². The Kier molecular flexibility index (Phi) is 8.66. The third-order valence-electron chi connectivity index (χ3n) is 0.104. The predicted molar refractivity (Wildman–Crippen MR) is 27.3 cm³/mol. The minimum atomic E-state index is -4.37. The van der Waals surface area contributed by atoms with Crippen LogP contribution in [0, 0.1) is 0 Å². The molecule has 2 radical (unpaired) electrons. The van der Waals surface area contributed by atoms with E-state index in [1.807, 2.05) is 0 Å². The van der Waals surface area contributed by atoms with Gasteiger partial charge in [-0.05, 0) is 0 Å². The highest BCUT2D eigenvalue weighted by atomic mass is 35.5. The van der Waals surface area contributed by atoms with Crippen LogP contribution in [0.3, 0.4) is 0 Å². The van der Waals surface area contributed by atoms with Gasteiger partial charge in [-0.2, -0.15) is 0 Å². The zero-order valence-corrected chi connectivity index (χ0v) is 6.56. The van der Waals surface area contributed by atoms with Crippen molar-refractivity contribution in [3.05, 3.63) is 0 Å². The molecule has 4 N–H and O–H groups in total. The fourth-order valence-electron chi connectivity index (χ4n) is 0. The maximum absolute atomic E-state index is 7.72. The molecule has 0 aromatic heterocycles. The van der Waals surface area contributed by atoms with Gasteiger partial charge in [-0.15, -0.1) is 0 Å². The van der Waals surface area contributed by atoms with Gasteiger partial charge in [0.1, 0.15) is 0 Å². The molecule has 8 heavy (non-hydrogen) atoms. The number of hydrogen-bond donors (Lipinski definition) is 4. The topological polar surface area (TPSA) is 90.2 Å². The van der Waals surface area contributed by atoms with Crippen molar-refractivity contribution in [1.82, 2.24) is 0 Å². The van der Waals surface area contributed by atoms with Crippen molar-refractivity contribution in [2.24, 2.45) is 0 Å². The van der Waals surface area contributed by atoms with E-state index in [0.717, 1.165) is 0 Å². The lowest BCUT2D eigenvalue weighted by molar-refractivity contribution is 0.135. The van der Waals surface area contributed by atoms with E-state index in [2.05, 4.69) is 15.8 Å². The molecule has 0 aliphatic carbocycles. The molecule has 0 aliphatic rings. The summed E-state index contributed by atoms with van der Waals surface area (Å²) in [7, 11) is -4.37. The van der Waals surface area contributed by atoms with E-state index in [0.29, 0.717) is 0 Å². The van der Waals surface area contributed by atoms with Crippen molar-refractivity contribution in [3.8, 4) is 0 Å². The Hall–Kier alpha value is 0.839. The van der Waals surface area contributed by atoms with Gasteiger partial charge in [0.2, 0.25) is 0 Å². The standard InChI is InChI=1S/Al.ClH3O4Si.H2O/c;1-5-6(2,3)4;/h;2-4H;1H2/q+1;;/p-1. The van der Waals surface area contributed by atoms with Crippen LogP contribution in [0.2, 0.25) is 0 Å². The molecule has 48 valence electrons. The molecule has 0 saturated carbocycles. The van der Waals surface area contributed by atoms with Crippen LogP contribution in [0.25, 0.3) is 0 Å². The van der Waals surface area contributed by atoms with Crippen LogP contribution in [-0.2, 0) is 3.98 Å². The molecule has 0 aliphatic heterocycles. The molecular weight excluding hydrogens is 171 g/mol. The predicted octanol–water partition coefficient (Wildman–Crippen LogP) is -2.37. The third kappa shape index (κ3) is 15.8. The molecule has 0 spiro atoms. The Morgan fingerprint density at radius 2 is 1.38 bits per heavy atom. The van der Waals surface area contributed by atoms with Gasteiger partial charge in [0.15, 0.2) is 0 Å². The van der Waals surface area contributed by atoms with Gasteiger partial charge in [0, 0.05) is 0 Å². The summed E-state index contributed by atoms with van der Waals surface area (Å²) < 4.78 is 10.1. The molecule has 0 fully saturated rings. The molecule has 0 amide bonds. The van der Waals surface area contributed by atoms with Crippen molar-refractivity contribution in [2.75, 3.05) is 0 Å². The zero-order valence-electron chi connectivity index (χ0n) is 3.65. The Bertz CT molecular complexity index is 42.2. The highest BCUT2D eigenvalue weighted by molar-refractivity contribution is 6.53. The van der Waals surface area contributed by atoms with Gasteiger partial charge >= 0.3 is 25.7 Å². The Labute approximate surface area is 60.5 Å². The summed E-state index contributed by atoms with van der Waals surface area (Å²) in [4.78, 5) is 23.2. The van der Waals surface area contributed by atoms with Gasteiger partial charge in [-0.25, -0.2) is 3.98 Å². The first-order chi connectivity index (χ1) is 3.56. The summed E-state index contributed by atoms with van der Waals surface area (Å²) in [5.41, 5.74) is 0. The minimum Gasteiger partial charge on any atom is -0.529 e. The summed E-state index contributed by atoms with van der Waals surface area (Å²) in [6.45, 7) is 0. The van der Waals surface area contributed by atoms with E-state index in [1.165, 1.54) is 16.6 Å². The van der Waals surface area contributed by atoms with Crippen molar-refractivity contribution in [1.29, 1.82) is 0 Å². The fourth-order valence-corrected chi connectivity index (χ4v) is 0. The lowest BCUT2D eigenvalue weighted by Crippen LogP contribution is -2.35. The van der Waals surface area contributed by atoms with Crippen molar-refractivity contribution in [3.63, 3.8) is 0 Å². The average molecular weight is 175 g/mol. The monoisotopic (exact) mass is 174 g/mol. The van der Waals surface area contributed by atoms with Gasteiger partial charge < -0.3 is 18.5 Å². The van der Waals surface area contributed by atoms with Crippen LogP contribution >= 0.6 is 11.9 Å². The third-order valence-corrected chi connectivity index (χ3v) is 0.932. The van der Waals surface area contributed by atoms with Crippen LogP contribution in [0.15, 0.2) is 0 Å². The van der Waals surface area contributed by atoms with E-state index in [1.54, 1.807) is 0 Å². The fraction of sp³-hybridized carbons (Fsp3) is 0. The van der Waals surface area contributed by atoms with Gasteiger partial charge in [0.05, 0.1) is 11.9 Å². The Morgan fingerprint density at radius 1 is 1.25 bits per heavy atom. The molecule has 0 unspecified atom stereocenters. The van der Waals surface area contributed by atoms with E-state index in [9.17, 15) is 0 Å². The first-order valence-electron chi connectivity index (χ1n) is 1.29. The summed E-state index contributed by atoms with van der Waals surface area (Å²) in [6, 6.07) is 0. The van der Waals surface area contributed by atoms with Crippen LogP contribution in [0.5, 0.6) is 0 Å². The molecular formula is H4AlClO5Si. The van der Waals surface area contributed by atoms with E-state index < -0.39 is 9.05 Å². The van der Waals surface area contributed by atoms with Crippen molar-refractivity contribution < 1.29 is 22.5 Å². The quantitative estimate of drug-likeness (QED) is 0.334. The Balaban J connectivity index is 0. The molecule has 0 saturated heterocycles. The van der Waals surface area contributed by atoms with Gasteiger partial charge in [0.25, 0.3) is 0 Å². The van der Waals surface area contributed by atoms with E-state index >= 15 is 0 Å². The minimum absolute atomic E-state index is 1.42. The van der Waals surface area contributed by atoms with E-state index in [-0.39, 0.29) is 0 Å². The smallest absolute Gasteiger partial charge is 0.529 e. The average Bonchev–Trinajstić information content (AvgIpc) is 1.71. The maximum atomic E-state index is 7.72. The van der Waals surface area contributed by atoms with Crippen LogP contribution < -0.4 is 0 Å². The van der Waals surface area contributed by atoms with Gasteiger partial charge in [-0.3, -0.25) is 0 Å². The highest BCUT2D eigenvalue weighted by Gasteiger charge is 2.30. The molecule has 0 heterocycles. The second kappa shape index (κ2) is 5.97. The molecule has 5 nitrogen and oxygen atoms in total. The summed E-state index contributed by atoms with van der Waals surface area (Å²) in [6.07, 6.45) is 0. The first kappa shape index (κ1) is 11.6. The first-order valence-corrected chi connectivity index (χ1v) is 3.86.